The molecule has 0 spiro atoms. The van der Waals surface area contributed by atoms with Crippen LogP contribution in [0.2, 0.25) is 0 Å². The molecule has 0 aromatic heterocycles. The van der Waals surface area contributed by atoms with Gasteiger partial charge in [-0.05, 0) is 12.1 Å². The average Bonchev–Trinajstić information content (AvgIpc) is 2.78. The van der Waals surface area contributed by atoms with Crippen LogP contribution in [0.15, 0.2) is 18.2 Å². The highest BCUT2D eigenvalue weighted by molar-refractivity contribution is 5.97. The van der Waals surface area contributed by atoms with Gasteiger partial charge in [0.05, 0.1) is 6.04 Å². The molecule has 2 aliphatic heterocycles. The highest BCUT2D eigenvalue weighted by Crippen LogP contribution is 2.35. The van der Waals surface area contributed by atoms with E-state index in [9.17, 15) is 9.59 Å². The number of benzene rings is 1. The lowest BCUT2D eigenvalue weighted by molar-refractivity contribution is -0.119. The van der Waals surface area contributed by atoms with Gasteiger partial charge in [0, 0.05) is 31.6 Å². The normalized spacial score (nSPS) is 20.9. The van der Waals surface area contributed by atoms with Gasteiger partial charge in [-0.15, -0.1) is 0 Å². The van der Waals surface area contributed by atoms with E-state index in [0.717, 1.165) is 5.69 Å². The predicted molar refractivity (Wildman–Crippen MR) is 72.0 cm³/mol. The van der Waals surface area contributed by atoms with Crippen molar-refractivity contribution in [3.63, 3.8) is 0 Å². The summed E-state index contributed by atoms with van der Waals surface area (Å²) in [7, 11) is 0. The number of anilines is 1. The number of ether oxygens (including phenoxy) is 2. The van der Waals surface area contributed by atoms with Crippen molar-refractivity contribution in [3.8, 4) is 11.5 Å². The summed E-state index contributed by atoms with van der Waals surface area (Å²) in [4.78, 5) is 24.8. The molecule has 3 rings (SSSR count). The maximum Gasteiger partial charge on any atom is 0.229 e. The lowest BCUT2D eigenvalue weighted by Gasteiger charge is -2.22. The molecule has 1 fully saturated rings. The minimum atomic E-state index is -0.131. The summed E-state index contributed by atoms with van der Waals surface area (Å²) in [6.07, 6.45) is 0.327. The van der Waals surface area contributed by atoms with Gasteiger partial charge in [0.25, 0.3) is 0 Å². The Morgan fingerprint density at radius 2 is 2.05 bits per heavy atom. The molecular weight excluding hydrogens is 260 g/mol. The molecule has 2 heterocycles. The van der Waals surface area contributed by atoms with Crippen LogP contribution in [-0.4, -0.2) is 37.6 Å². The number of carbonyl (C=O) groups is 2. The maximum atomic E-state index is 12.0. The lowest BCUT2D eigenvalue weighted by Crippen LogP contribution is -2.35. The first-order valence-electron chi connectivity index (χ1n) is 6.60. The predicted octanol–water partition coefficient (Wildman–Crippen LogP) is 0.699. The van der Waals surface area contributed by atoms with Gasteiger partial charge < -0.3 is 19.7 Å². The van der Waals surface area contributed by atoms with E-state index < -0.39 is 0 Å². The molecule has 0 aliphatic carbocycles. The van der Waals surface area contributed by atoms with Gasteiger partial charge in [0.15, 0.2) is 11.5 Å². The summed E-state index contributed by atoms with van der Waals surface area (Å²) in [5, 5.41) is 2.78. The Bertz CT molecular complexity index is 558. The minimum Gasteiger partial charge on any atom is -0.486 e. The van der Waals surface area contributed by atoms with Crippen LogP contribution >= 0.6 is 0 Å². The quantitative estimate of drug-likeness (QED) is 0.863. The monoisotopic (exact) mass is 276 g/mol. The van der Waals surface area contributed by atoms with E-state index >= 15 is 0 Å². The molecular formula is C14H16N2O4. The Morgan fingerprint density at radius 3 is 2.80 bits per heavy atom. The number of nitrogens with one attached hydrogen (secondary N) is 1. The molecule has 2 aliphatic rings. The summed E-state index contributed by atoms with van der Waals surface area (Å²) in [5.74, 6) is 1.24. The Labute approximate surface area is 116 Å². The number of nitrogens with zero attached hydrogens (tertiary/aromatic N) is 1. The molecule has 2 amide bonds. The minimum absolute atomic E-state index is 0.000396. The van der Waals surface area contributed by atoms with Crippen LogP contribution in [0.25, 0.3) is 0 Å². The van der Waals surface area contributed by atoms with Gasteiger partial charge in [-0.25, -0.2) is 0 Å². The number of rotatable bonds is 2. The number of hydrogen-bond acceptors (Lipinski definition) is 4. The zero-order valence-corrected chi connectivity index (χ0v) is 11.2. The van der Waals surface area contributed by atoms with Crippen molar-refractivity contribution in [1.82, 2.24) is 5.32 Å². The zero-order chi connectivity index (χ0) is 14.1. The third-order valence-corrected chi connectivity index (χ3v) is 3.37. The summed E-state index contributed by atoms with van der Waals surface area (Å²) in [5.41, 5.74) is 0.770. The van der Waals surface area contributed by atoms with Crippen LogP contribution < -0.4 is 19.7 Å². The van der Waals surface area contributed by atoms with Gasteiger partial charge in [-0.1, -0.05) is 0 Å². The largest absolute Gasteiger partial charge is 0.486 e. The number of hydrogen-bond donors (Lipinski definition) is 1. The second kappa shape index (κ2) is 5.03. The molecule has 1 aromatic carbocycles. The van der Waals surface area contributed by atoms with E-state index in [2.05, 4.69) is 5.32 Å². The first-order valence-corrected chi connectivity index (χ1v) is 6.60. The van der Waals surface area contributed by atoms with Crippen molar-refractivity contribution in [3.05, 3.63) is 18.2 Å². The third-order valence-electron chi connectivity index (χ3n) is 3.37. The van der Waals surface area contributed by atoms with E-state index in [1.54, 1.807) is 4.90 Å². The Hall–Kier alpha value is -2.24. The average molecular weight is 276 g/mol. The van der Waals surface area contributed by atoms with Gasteiger partial charge >= 0.3 is 0 Å². The van der Waals surface area contributed by atoms with Crippen LogP contribution in [0.3, 0.4) is 0 Å². The smallest absolute Gasteiger partial charge is 0.229 e. The van der Waals surface area contributed by atoms with Crippen molar-refractivity contribution in [2.45, 2.75) is 19.4 Å². The van der Waals surface area contributed by atoms with E-state index in [4.69, 9.17) is 9.47 Å². The van der Waals surface area contributed by atoms with Crippen molar-refractivity contribution in [2.24, 2.45) is 0 Å². The van der Waals surface area contributed by atoms with Gasteiger partial charge in [-0.3, -0.25) is 9.59 Å². The Morgan fingerprint density at radius 1 is 1.30 bits per heavy atom. The van der Waals surface area contributed by atoms with Crippen molar-refractivity contribution in [1.29, 1.82) is 0 Å². The van der Waals surface area contributed by atoms with Crippen LogP contribution in [0, 0.1) is 0 Å². The molecule has 0 unspecified atom stereocenters. The maximum absolute atomic E-state index is 12.0. The van der Waals surface area contributed by atoms with Crippen molar-refractivity contribution >= 4 is 17.5 Å². The van der Waals surface area contributed by atoms with Gasteiger partial charge in [-0.2, -0.15) is 0 Å². The molecule has 1 aromatic rings. The Kier molecular flexibility index (Phi) is 3.22. The molecule has 6 heteroatoms. The highest BCUT2D eigenvalue weighted by atomic mass is 16.6. The number of amides is 2. The third kappa shape index (κ3) is 2.41. The second-order valence-electron chi connectivity index (χ2n) is 4.93. The zero-order valence-electron chi connectivity index (χ0n) is 11.2. The molecule has 1 N–H and O–H groups in total. The first-order chi connectivity index (χ1) is 9.63. The van der Waals surface area contributed by atoms with Crippen molar-refractivity contribution < 1.29 is 19.1 Å². The Balaban J connectivity index is 1.79. The molecule has 0 radical (unpaired) electrons. The van der Waals surface area contributed by atoms with E-state index in [1.165, 1.54) is 6.92 Å². The fraction of sp³-hybridized carbons (Fsp3) is 0.429. The van der Waals surface area contributed by atoms with Crippen LogP contribution in [0.5, 0.6) is 11.5 Å². The van der Waals surface area contributed by atoms with E-state index in [-0.39, 0.29) is 17.9 Å². The molecule has 1 saturated heterocycles. The molecule has 0 bridgehead atoms. The van der Waals surface area contributed by atoms with Crippen LogP contribution in [0.1, 0.15) is 13.3 Å². The van der Waals surface area contributed by atoms with Gasteiger partial charge in [0.2, 0.25) is 11.8 Å². The van der Waals surface area contributed by atoms with Gasteiger partial charge in [0.1, 0.15) is 13.2 Å². The summed E-state index contributed by atoms with van der Waals surface area (Å²) in [6, 6.07) is 5.32. The molecule has 106 valence electrons. The molecule has 6 nitrogen and oxygen atoms in total. The van der Waals surface area contributed by atoms with Crippen LogP contribution in [-0.2, 0) is 9.59 Å². The SMILES string of the molecule is CC(=O)N[C@@H]1CC(=O)N(c2ccc3c(c2)OCCO3)C1. The van der Waals surface area contributed by atoms with E-state index in [0.29, 0.717) is 37.7 Å². The summed E-state index contributed by atoms with van der Waals surface area (Å²) < 4.78 is 11.0. The number of fused-ring (bicyclic) bond motifs is 1. The fourth-order valence-electron chi connectivity index (χ4n) is 2.54. The van der Waals surface area contributed by atoms with Crippen LogP contribution in [0.4, 0.5) is 5.69 Å². The lowest BCUT2D eigenvalue weighted by atomic mass is 10.2. The summed E-state index contributed by atoms with van der Waals surface area (Å²) >= 11 is 0. The standard InChI is InChI=1S/C14H16N2O4/c1-9(17)15-10-6-14(18)16(8-10)11-2-3-12-13(7-11)20-5-4-19-12/h2-3,7,10H,4-6,8H2,1H3,(H,15,17)/t10-/m1/s1. The summed E-state index contributed by atoms with van der Waals surface area (Å²) in [6.45, 7) is 2.99. The second-order valence-corrected chi connectivity index (χ2v) is 4.93. The molecule has 20 heavy (non-hydrogen) atoms. The number of carbonyl (C=O) groups excluding carboxylic acids is 2. The van der Waals surface area contributed by atoms with E-state index in [1.807, 2.05) is 18.2 Å². The molecule has 0 saturated carbocycles. The first kappa shape index (κ1) is 12.8. The highest BCUT2D eigenvalue weighted by Gasteiger charge is 2.31. The van der Waals surface area contributed by atoms with Crippen molar-refractivity contribution in [2.75, 3.05) is 24.7 Å². The topological polar surface area (TPSA) is 67.9 Å². The fourth-order valence-corrected chi connectivity index (χ4v) is 2.54. The molecule has 1 atom stereocenters.